The number of ether oxygens (including phenoxy) is 1. The number of likely N-dealkylation sites (tertiary alicyclic amines) is 1. The van der Waals surface area contributed by atoms with Gasteiger partial charge in [-0.05, 0) is 53.1 Å². The molecule has 1 saturated carbocycles. The third-order valence-corrected chi connectivity index (χ3v) is 6.12. The van der Waals surface area contributed by atoms with Crippen LogP contribution in [-0.4, -0.2) is 42.1 Å². The lowest BCUT2D eigenvalue weighted by molar-refractivity contribution is -0.139. The van der Waals surface area contributed by atoms with Crippen LogP contribution in [0.15, 0.2) is 36.4 Å². The molecule has 1 heterocycles. The number of rotatable bonds is 4. The van der Waals surface area contributed by atoms with E-state index in [1.807, 2.05) is 41.3 Å². The van der Waals surface area contributed by atoms with Crippen molar-refractivity contribution >= 4 is 22.6 Å². The quantitative estimate of drug-likeness (QED) is 0.917. The third-order valence-electron chi connectivity index (χ3n) is 6.12. The molecule has 1 amide bonds. The number of fused-ring (bicyclic) bond motifs is 1. The van der Waals surface area contributed by atoms with E-state index < -0.39 is 5.97 Å². The molecule has 0 bridgehead atoms. The van der Waals surface area contributed by atoms with Crippen molar-refractivity contribution in [1.29, 1.82) is 0 Å². The maximum Gasteiger partial charge on any atom is 0.307 e. The minimum Gasteiger partial charge on any atom is -0.497 e. The van der Waals surface area contributed by atoms with Gasteiger partial charge in [0.2, 0.25) is 5.91 Å². The number of carbonyl (C=O) groups excluding carboxylic acids is 1. The van der Waals surface area contributed by atoms with E-state index >= 15 is 0 Å². The number of benzene rings is 2. The molecular formula is C21H23NO4. The summed E-state index contributed by atoms with van der Waals surface area (Å²) >= 11 is 0. The third kappa shape index (κ3) is 2.91. The molecule has 4 rings (SSSR count). The molecule has 1 unspecified atom stereocenters. The second-order valence-electron chi connectivity index (χ2n) is 7.52. The van der Waals surface area contributed by atoms with Gasteiger partial charge in [-0.1, -0.05) is 24.3 Å². The van der Waals surface area contributed by atoms with Crippen LogP contribution in [0, 0.1) is 11.3 Å². The van der Waals surface area contributed by atoms with Crippen LogP contribution in [0.25, 0.3) is 10.8 Å². The summed E-state index contributed by atoms with van der Waals surface area (Å²) in [5, 5.41) is 11.3. The van der Waals surface area contributed by atoms with Crippen LogP contribution in [0.1, 0.15) is 24.8 Å². The van der Waals surface area contributed by atoms with Crippen molar-refractivity contribution in [2.75, 3.05) is 20.2 Å². The highest BCUT2D eigenvalue weighted by Crippen LogP contribution is 2.59. The Balaban J connectivity index is 1.46. The monoisotopic (exact) mass is 353 g/mol. The van der Waals surface area contributed by atoms with E-state index in [1.54, 1.807) is 7.11 Å². The van der Waals surface area contributed by atoms with E-state index in [0.717, 1.165) is 41.3 Å². The molecule has 2 aliphatic rings. The van der Waals surface area contributed by atoms with Crippen LogP contribution in [0.3, 0.4) is 0 Å². The summed E-state index contributed by atoms with van der Waals surface area (Å²) in [6, 6.07) is 11.9. The van der Waals surface area contributed by atoms with Crippen molar-refractivity contribution in [1.82, 2.24) is 4.90 Å². The van der Waals surface area contributed by atoms with Gasteiger partial charge >= 0.3 is 5.97 Å². The van der Waals surface area contributed by atoms with Crippen LogP contribution < -0.4 is 4.74 Å². The Morgan fingerprint density at radius 3 is 2.65 bits per heavy atom. The Labute approximate surface area is 152 Å². The molecule has 1 aliphatic heterocycles. The summed E-state index contributed by atoms with van der Waals surface area (Å²) in [6.45, 7) is 1.33. The highest BCUT2D eigenvalue weighted by molar-refractivity contribution is 5.91. The predicted molar refractivity (Wildman–Crippen MR) is 98.2 cm³/mol. The molecule has 2 aromatic rings. The Hall–Kier alpha value is -2.56. The lowest BCUT2D eigenvalue weighted by Crippen LogP contribution is -2.40. The molecule has 2 aromatic carbocycles. The van der Waals surface area contributed by atoms with Crippen molar-refractivity contribution < 1.29 is 19.4 Å². The molecule has 26 heavy (non-hydrogen) atoms. The summed E-state index contributed by atoms with van der Waals surface area (Å²) in [7, 11) is 1.64. The molecule has 136 valence electrons. The van der Waals surface area contributed by atoms with Gasteiger partial charge in [0.15, 0.2) is 0 Å². The van der Waals surface area contributed by atoms with Gasteiger partial charge in [0, 0.05) is 13.1 Å². The van der Waals surface area contributed by atoms with Gasteiger partial charge in [-0.2, -0.15) is 0 Å². The van der Waals surface area contributed by atoms with Crippen LogP contribution >= 0.6 is 0 Å². The molecule has 1 atom stereocenters. The largest absolute Gasteiger partial charge is 0.497 e. The number of carboxylic acid groups (broad SMARTS) is 1. The average Bonchev–Trinajstić information content (AvgIpc) is 3.36. The van der Waals surface area contributed by atoms with Gasteiger partial charge in [0.05, 0.1) is 19.4 Å². The molecule has 5 nitrogen and oxygen atoms in total. The maximum atomic E-state index is 12.8. The molecule has 1 saturated heterocycles. The number of carbonyl (C=O) groups is 2. The molecule has 0 radical (unpaired) electrons. The molecule has 5 heteroatoms. The molecule has 2 fully saturated rings. The van der Waals surface area contributed by atoms with Gasteiger partial charge in [0.1, 0.15) is 5.75 Å². The van der Waals surface area contributed by atoms with E-state index in [0.29, 0.717) is 19.5 Å². The van der Waals surface area contributed by atoms with Crippen LogP contribution in [-0.2, 0) is 16.0 Å². The van der Waals surface area contributed by atoms with Gasteiger partial charge in [0.25, 0.3) is 0 Å². The normalized spacial score (nSPS) is 21.0. The fraction of sp³-hybridized carbons (Fsp3) is 0.429. The van der Waals surface area contributed by atoms with Crippen molar-refractivity contribution in [3.8, 4) is 5.75 Å². The topological polar surface area (TPSA) is 66.8 Å². The number of methoxy groups -OCH3 is 1. The average molecular weight is 353 g/mol. The van der Waals surface area contributed by atoms with E-state index in [1.165, 1.54) is 0 Å². The van der Waals surface area contributed by atoms with Crippen LogP contribution in [0.4, 0.5) is 0 Å². The zero-order valence-corrected chi connectivity index (χ0v) is 14.9. The van der Waals surface area contributed by atoms with Crippen molar-refractivity contribution in [2.24, 2.45) is 11.3 Å². The number of hydrogen-bond donors (Lipinski definition) is 1. The maximum absolute atomic E-state index is 12.8. The number of amides is 1. The first-order chi connectivity index (χ1) is 12.5. The van der Waals surface area contributed by atoms with Crippen molar-refractivity contribution in [2.45, 2.75) is 25.7 Å². The first-order valence-electron chi connectivity index (χ1n) is 9.09. The Kier molecular flexibility index (Phi) is 4.10. The lowest BCUT2D eigenvalue weighted by Gasteiger charge is -2.32. The number of nitrogens with zero attached hydrogens (tertiary/aromatic N) is 1. The number of piperidine rings is 1. The van der Waals surface area contributed by atoms with Crippen molar-refractivity contribution in [3.05, 3.63) is 42.0 Å². The van der Waals surface area contributed by atoms with Gasteiger partial charge in [-0.15, -0.1) is 0 Å². The first kappa shape index (κ1) is 16.9. The fourth-order valence-corrected chi connectivity index (χ4v) is 4.32. The highest BCUT2D eigenvalue weighted by Gasteiger charge is 2.59. The van der Waals surface area contributed by atoms with E-state index in [9.17, 15) is 14.7 Å². The first-order valence-corrected chi connectivity index (χ1v) is 9.09. The standard InChI is InChI=1S/C21H23NO4/c1-26-16-6-5-14-3-2-4-15(17(14)12-16)11-19(23)22-9-7-21(8-10-22)13-18(21)20(24)25/h2-6,12,18H,7-11,13H2,1H3,(H,24,25). The molecule has 1 N–H and O–H groups in total. The molecule has 1 aliphatic carbocycles. The van der Waals surface area contributed by atoms with E-state index in [-0.39, 0.29) is 17.2 Å². The zero-order chi connectivity index (χ0) is 18.3. The van der Waals surface area contributed by atoms with Gasteiger partial charge in [-0.25, -0.2) is 0 Å². The smallest absolute Gasteiger partial charge is 0.307 e. The Morgan fingerprint density at radius 2 is 2.00 bits per heavy atom. The Bertz CT molecular complexity index is 867. The van der Waals surface area contributed by atoms with Crippen LogP contribution in [0.2, 0.25) is 0 Å². The number of aliphatic carboxylic acids is 1. The number of carboxylic acids is 1. The molecule has 1 spiro atoms. The highest BCUT2D eigenvalue weighted by atomic mass is 16.5. The molecular weight excluding hydrogens is 330 g/mol. The summed E-state index contributed by atoms with van der Waals surface area (Å²) in [6.07, 6.45) is 2.74. The van der Waals surface area contributed by atoms with E-state index in [4.69, 9.17) is 4.74 Å². The summed E-state index contributed by atoms with van der Waals surface area (Å²) in [5.41, 5.74) is 0.955. The fourth-order valence-electron chi connectivity index (χ4n) is 4.32. The second kappa shape index (κ2) is 6.31. The SMILES string of the molecule is COc1ccc2cccc(CC(=O)N3CCC4(CC3)CC4C(=O)O)c2c1. The Morgan fingerprint density at radius 1 is 1.23 bits per heavy atom. The summed E-state index contributed by atoms with van der Waals surface area (Å²) in [4.78, 5) is 25.9. The summed E-state index contributed by atoms with van der Waals surface area (Å²) < 4.78 is 5.31. The van der Waals surface area contributed by atoms with Crippen LogP contribution in [0.5, 0.6) is 5.75 Å². The zero-order valence-electron chi connectivity index (χ0n) is 14.9. The molecule has 0 aromatic heterocycles. The minimum absolute atomic E-state index is 0.0462. The summed E-state index contributed by atoms with van der Waals surface area (Å²) in [5.74, 6) is 0.00761. The van der Waals surface area contributed by atoms with Gasteiger partial charge < -0.3 is 14.7 Å². The second-order valence-corrected chi connectivity index (χ2v) is 7.52. The van der Waals surface area contributed by atoms with E-state index in [2.05, 4.69) is 0 Å². The minimum atomic E-state index is -0.686. The number of hydrogen-bond acceptors (Lipinski definition) is 3. The van der Waals surface area contributed by atoms with Crippen molar-refractivity contribution in [3.63, 3.8) is 0 Å². The lowest BCUT2D eigenvalue weighted by atomic mass is 9.90. The predicted octanol–water partition coefficient (Wildman–Crippen LogP) is 3.10. The van der Waals surface area contributed by atoms with Gasteiger partial charge in [-0.3, -0.25) is 9.59 Å².